The Kier molecular flexibility index (Phi) is 3.13. The van der Waals surface area contributed by atoms with Crippen molar-refractivity contribution in [1.29, 1.82) is 0 Å². The molecule has 0 aromatic carbocycles. The Bertz CT molecular complexity index is 690. The Balaban J connectivity index is 1.85. The van der Waals surface area contributed by atoms with Gasteiger partial charge in [-0.25, -0.2) is 4.68 Å². The monoisotopic (exact) mass is 275 g/mol. The smallest absolute Gasteiger partial charge is 0.266 e. The van der Waals surface area contributed by atoms with Gasteiger partial charge in [0.1, 0.15) is 0 Å². The minimum absolute atomic E-state index is 0.0356. The second kappa shape index (κ2) is 4.82. The van der Waals surface area contributed by atoms with Gasteiger partial charge in [-0.15, -0.1) is 10.2 Å². The predicted octanol–water partition coefficient (Wildman–Crippen LogP) is 0.591. The molecule has 2 aromatic heterocycles. The van der Waals surface area contributed by atoms with Crippen molar-refractivity contribution in [3.05, 3.63) is 39.5 Å². The van der Waals surface area contributed by atoms with Crippen LogP contribution in [0.2, 0.25) is 0 Å². The van der Waals surface area contributed by atoms with E-state index in [1.807, 2.05) is 6.92 Å². The maximum Gasteiger partial charge on any atom is 0.266 e. The Morgan fingerprint density at radius 1 is 1.40 bits per heavy atom. The van der Waals surface area contributed by atoms with E-state index in [1.165, 1.54) is 4.68 Å². The van der Waals surface area contributed by atoms with Crippen molar-refractivity contribution in [2.24, 2.45) is 7.05 Å². The molecule has 0 spiro atoms. The van der Waals surface area contributed by atoms with E-state index in [0.29, 0.717) is 18.3 Å². The van der Waals surface area contributed by atoms with E-state index < -0.39 is 0 Å². The van der Waals surface area contributed by atoms with Gasteiger partial charge in [0.15, 0.2) is 0 Å². The summed E-state index contributed by atoms with van der Waals surface area (Å²) in [5.41, 5.74) is 1.91. The first-order valence-electron chi connectivity index (χ1n) is 6.65. The molecular formula is C13H17N5O2. The lowest BCUT2D eigenvalue weighted by atomic mass is 10.0. The summed E-state index contributed by atoms with van der Waals surface area (Å²) in [6.45, 7) is 5.36. The zero-order valence-corrected chi connectivity index (χ0v) is 11.8. The molecule has 1 atom stereocenters. The van der Waals surface area contributed by atoms with Crippen LogP contribution in [0.5, 0.6) is 0 Å². The van der Waals surface area contributed by atoms with Crippen LogP contribution >= 0.6 is 0 Å². The second-order valence-corrected chi connectivity index (χ2v) is 5.13. The molecule has 106 valence electrons. The molecule has 0 radical (unpaired) electrons. The van der Waals surface area contributed by atoms with Gasteiger partial charge in [-0.3, -0.25) is 9.69 Å². The molecule has 0 saturated heterocycles. The first kappa shape index (κ1) is 13.0. The largest absolute Gasteiger partial charge is 0.424 e. The maximum absolute atomic E-state index is 11.7. The first-order chi connectivity index (χ1) is 9.54. The molecule has 3 heterocycles. The zero-order valence-electron chi connectivity index (χ0n) is 11.8. The molecule has 2 aromatic rings. The van der Waals surface area contributed by atoms with E-state index in [2.05, 4.69) is 20.2 Å². The van der Waals surface area contributed by atoms with Crippen molar-refractivity contribution in [3.8, 4) is 0 Å². The Hall–Kier alpha value is -2.02. The third-order valence-corrected chi connectivity index (χ3v) is 3.71. The van der Waals surface area contributed by atoms with Crippen LogP contribution < -0.4 is 5.56 Å². The maximum atomic E-state index is 11.7. The number of hydrogen-bond acceptors (Lipinski definition) is 6. The SMILES string of the molecule is Cc1nnc([C@@H](C)N2CCc3nn(C)c(=O)cc3C2)o1. The van der Waals surface area contributed by atoms with Crippen LogP contribution in [-0.2, 0) is 20.0 Å². The minimum atomic E-state index is -0.0770. The van der Waals surface area contributed by atoms with Gasteiger partial charge in [-0.2, -0.15) is 5.10 Å². The third-order valence-electron chi connectivity index (χ3n) is 3.71. The van der Waals surface area contributed by atoms with Crippen molar-refractivity contribution in [2.75, 3.05) is 6.54 Å². The highest BCUT2D eigenvalue weighted by Gasteiger charge is 2.26. The summed E-state index contributed by atoms with van der Waals surface area (Å²) in [4.78, 5) is 13.9. The molecule has 3 rings (SSSR count). The summed E-state index contributed by atoms with van der Waals surface area (Å²) in [6.07, 6.45) is 0.820. The summed E-state index contributed by atoms with van der Waals surface area (Å²) in [7, 11) is 1.68. The fourth-order valence-corrected chi connectivity index (χ4v) is 2.48. The topological polar surface area (TPSA) is 77.1 Å². The van der Waals surface area contributed by atoms with Gasteiger partial charge >= 0.3 is 0 Å². The molecular weight excluding hydrogens is 258 g/mol. The summed E-state index contributed by atoms with van der Waals surface area (Å²) in [5, 5.41) is 12.2. The molecule has 0 bridgehead atoms. The van der Waals surface area contributed by atoms with E-state index in [0.717, 1.165) is 24.2 Å². The standard InChI is InChI=1S/C13H17N5O2/c1-8(13-15-14-9(2)20-13)18-5-4-11-10(7-18)6-12(19)17(3)16-11/h6,8H,4-5,7H2,1-3H3/t8-/m1/s1. The van der Waals surface area contributed by atoms with Crippen LogP contribution in [0.1, 0.15) is 36.0 Å². The molecule has 0 unspecified atom stereocenters. The van der Waals surface area contributed by atoms with Crippen LogP contribution in [0.3, 0.4) is 0 Å². The highest BCUT2D eigenvalue weighted by molar-refractivity contribution is 5.21. The Morgan fingerprint density at radius 2 is 2.20 bits per heavy atom. The van der Waals surface area contributed by atoms with Gasteiger partial charge in [-0.1, -0.05) is 0 Å². The predicted molar refractivity (Wildman–Crippen MR) is 71.0 cm³/mol. The Morgan fingerprint density at radius 3 is 2.90 bits per heavy atom. The van der Waals surface area contributed by atoms with E-state index in [1.54, 1.807) is 20.0 Å². The van der Waals surface area contributed by atoms with Gasteiger partial charge in [0.25, 0.3) is 5.56 Å². The number of nitrogens with zero attached hydrogens (tertiary/aromatic N) is 5. The highest BCUT2D eigenvalue weighted by Crippen LogP contribution is 2.25. The number of hydrogen-bond donors (Lipinski definition) is 0. The minimum Gasteiger partial charge on any atom is -0.424 e. The second-order valence-electron chi connectivity index (χ2n) is 5.13. The number of rotatable bonds is 2. The average molecular weight is 275 g/mol. The molecule has 0 amide bonds. The van der Waals surface area contributed by atoms with Crippen LogP contribution in [-0.4, -0.2) is 31.4 Å². The zero-order chi connectivity index (χ0) is 14.3. The third kappa shape index (κ3) is 2.24. The lowest BCUT2D eigenvalue weighted by Gasteiger charge is -2.31. The number of aryl methyl sites for hydroxylation is 2. The lowest BCUT2D eigenvalue weighted by Crippen LogP contribution is -2.36. The summed E-state index contributed by atoms with van der Waals surface area (Å²) >= 11 is 0. The van der Waals surface area contributed by atoms with Gasteiger partial charge in [0, 0.05) is 39.5 Å². The quantitative estimate of drug-likeness (QED) is 0.798. The molecule has 0 aliphatic carbocycles. The number of aromatic nitrogens is 4. The molecule has 7 heteroatoms. The van der Waals surface area contributed by atoms with Crippen molar-refractivity contribution >= 4 is 0 Å². The van der Waals surface area contributed by atoms with E-state index >= 15 is 0 Å². The molecule has 0 fully saturated rings. The van der Waals surface area contributed by atoms with Gasteiger partial charge in [0.2, 0.25) is 11.8 Å². The lowest BCUT2D eigenvalue weighted by molar-refractivity contribution is 0.163. The number of fused-ring (bicyclic) bond motifs is 1. The molecule has 1 aliphatic heterocycles. The van der Waals surface area contributed by atoms with Gasteiger partial charge < -0.3 is 4.42 Å². The van der Waals surface area contributed by atoms with Crippen LogP contribution in [0.25, 0.3) is 0 Å². The molecule has 1 aliphatic rings. The fraction of sp³-hybridized carbons (Fsp3) is 0.538. The summed E-state index contributed by atoms with van der Waals surface area (Å²) in [6, 6.07) is 1.70. The fourth-order valence-electron chi connectivity index (χ4n) is 2.48. The van der Waals surface area contributed by atoms with Crippen LogP contribution in [0.15, 0.2) is 15.3 Å². The van der Waals surface area contributed by atoms with Crippen molar-refractivity contribution in [1.82, 2.24) is 24.9 Å². The highest BCUT2D eigenvalue weighted by atomic mass is 16.4. The van der Waals surface area contributed by atoms with E-state index in [9.17, 15) is 4.79 Å². The van der Waals surface area contributed by atoms with Crippen LogP contribution in [0, 0.1) is 6.92 Å². The molecule has 0 saturated carbocycles. The summed E-state index contributed by atoms with van der Waals surface area (Å²) in [5.74, 6) is 1.18. The molecule has 20 heavy (non-hydrogen) atoms. The Labute approximate surface area is 116 Å². The molecule has 0 N–H and O–H groups in total. The van der Waals surface area contributed by atoms with Crippen molar-refractivity contribution in [3.63, 3.8) is 0 Å². The van der Waals surface area contributed by atoms with E-state index in [-0.39, 0.29) is 11.6 Å². The van der Waals surface area contributed by atoms with Gasteiger partial charge in [0.05, 0.1) is 11.7 Å². The average Bonchev–Trinajstić information content (AvgIpc) is 2.85. The van der Waals surface area contributed by atoms with Gasteiger partial charge in [-0.05, 0) is 12.5 Å². The van der Waals surface area contributed by atoms with Crippen LogP contribution in [0.4, 0.5) is 0 Å². The van der Waals surface area contributed by atoms with Crippen molar-refractivity contribution in [2.45, 2.75) is 32.9 Å². The molecule has 7 nitrogen and oxygen atoms in total. The first-order valence-corrected chi connectivity index (χ1v) is 6.65. The van der Waals surface area contributed by atoms with Crippen molar-refractivity contribution < 1.29 is 4.42 Å². The summed E-state index contributed by atoms with van der Waals surface area (Å²) < 4.78 is 6.87. The normalized spacial score (nSPS) is 16.9. The van der Waals surface area contributed by atoms with E-state index in [4.69, 9.17) is 4.42 Å².